The van der Waals surface area contributed by atoms with Crippen LogP contribution in [0.15, 0.2) is 11.6 Å². The van der Waals surface area contributed by atoms with Gasteiger partial charge in [-0.15, -0.1) is 0 Å². The maximum atomic E-state index is 12.9. The fraction of sp³-hybridized carbons (Fsp3) is 0.903. The third-order valence-corrected chi connectivity index (χ3v) is 11.5. The van der Waals surface area contributed by atoms with Crippen LogP contribution in [-0.4, -0.2) is 44.3 Å². The van der Waals surface area contributed by atoms with Gasteiger partial charge in [-0.3, -0.25) is 0 Å². The Morgan fingerprint density at radius 1 is 0.944 bits per heavy atom. The molecule has 0 N–H and O–H groups in total. The van der Waals surface area contributed by atoms with Crippen molar-refractivity contribution in [1.82, 2.24) is 0 Å². The molecule has 2 unspecified atom stereocenters. The van der Waals surface area contributed by atoms with E-state index in [0.29, 0.717) is 29.1 Å². The van der Waals surface area contributed by atoms with Crippen LogP contribution in [0, 0.1) is 34.5 Å². The van der Waals surface area contributed by atoms with Crippen molar-refractivity contribution < 1.29 is 23.7 Å². The first kappa shape index (κ1) is 25.5. The first-order valence-electron chi connectivity index (χ1n) is 15.2. The molecular weight excluding hydrogens is 452 g/mol. The Morgan fingerprint density at radius 3 is 2.44 bits per heavy atom. The van der Waals surface area contributed by atoms with Gasteiger partial charge >= 0.3 is 0 Å². The fourth-order valence-electron chi connectivity index (χ4n) is 9.66. The highest BCUT2D eigenvalue weighted by atomic mass is 16.7. The van der Waals surface area contributed by atoms with Gasteiger partial charge in [0.2, 0.25) is 0 Å². The van der Waals surface area contributed by atoms with Gasteiger partial charge in [0.25, 0.3) is 0 Å². The molecule has 2 aliphatic heterocycles. The number of allylic oxidation sites excluding steroid dienone is 1. The summed E-state index contributed by atoms with van der Waals surface area (Å²) in [6.07, 6.45) is 19.9. The Labute approximate surface area is 218 Å². The Hall–Kier alpha value is -0.750. The SMILES string of the molecule is C[C@@H](OC1CCCCO1)[C@H]1CC[C@H]2[C@@H]3CC=C4C[C@@H](OC5CCCCO5)CC[C@]4(C=O)[C@H]3CC[C@]12C. The molecule has 3 saturated carbocycles. The zero-order chi connectivity index (χ0) is 24.8. The van der Waals surface area contributed by atoms with Crippen LogP contribution in [0.25, 0.3) is 0 Å². The highest BCUT2D eigenvalue weighted by molar-refractivity contribution is 5.67. The van der Waals surface area contributed by atoms with E-state index in [1.165, 1.54) is 50.4 Å². The minimum Gasteiger partial charge on any atom is -0.353 e. The standard InChI is InChI=1S/C31H48O5/c1-21(35-28-7-3-5-17-33-28)25-11-12-26-24-10-9-22-19-23(36-29-8-4-6-18-34-29)13-16-31(22,20-32)27(24)14-15-30(25,26)2/h9,20-21,23-29H,3-8,10-19H2,1-2H3/t21-,23+,24+,25-,26+,27+,28?,29?,30-,31-/m1/s1. The third-order valence-electron chi connectivity index (χ3n) is 11.5. The molecule has 10 atom stereocenters. The van der Waals surface area contributed by atoms with E-state index in [-0.39, 0.29) is 30.2 Å². The lowest BCUT2D eigenvalue weighted by atomic mass is 9.47. The van der Waals surface area contributed by atoms with Gasteiger partial charge in [0.1, 0.15) is 6.29 Å². The van der Waals surface area contributed by atoms with E-state index >= 15 is 0 Å². The average Bonchev–Trinajstić information content (AvgIpc) is 3.27. The van der Waals surface area contributed by atoms with Gasteiger partial charge in [-0.1, -0.05) is 18.6 Å². The number of fused-ring (bicyclic) bond motifs is 5. The van der Waals surface area contributed by atoms with E-state index in [2.05, 4.69) is 19.9 Å². The molecule has 2 saturated heterocycles. The number of aldehydes is 1. The summed E-state index contributed by atoms with van der Waals surface area (Å²) in [5.41, 5.74) is 1.44. The van der Waals surface area contributed by atoms with Crippen molar-refractivity contribution in [3.8, 4) is 0 Å². The van der Waals surface area contributed by atoms with E-state index in [0.717, 1.165) is 64.6 Å². The summed E-state index contributed by atoms with van der Waals surface area (Å²) in [5, 5.41) is 0. The molecular formula is C31H48O5. The Balaban J connectivity index is 1.15. The normalized spacial score (nSPS) is 47.7. The molecule has 36 heavy (non-hydrogen) atoms. The van der Waals surface area contributed by atoms with E-state index in [4.69, 9.17) is 18.9 Å². The zero-order valence-electron chi connectivity index (χ0n) is 22.6. The van der Waals surface area contributed by atoms with Crippen molar-refractivity contribution in [3.63, 3.8) is 0 Å². The van der Waals surface area contributed by atoms with Crippen LogP contribution in [0.5, 0.6) is 0 Å². The first-order valence-corrected chi connectivity index (χ1v) is 15.2. The Morgan fingerprint density at radius 2 is 1.72 bits per heavy atom. The van der Waals surface area contributed by atoms with Crippen LogP contribution in [0.2, 0.25) is 0 Å². The van der Waals surface area contributed by atoms with Crippen LogP contribution in [-0.2, 0) is 23.7 Å². The molecule has 0 radical (unpaired) electrons. The molecule has 6 aliphatic rings. The molecule has 202 valence electrons. The minimum atomic E-state index is -0.256. The first-order chi connectivity index (χ1) is 17.5. The molecule has 0 amide bonds. The smallest absolute Gasteiger partial charge is 0.157 e. The monoisotopic (exact) mass is 500 g/mol. The maximum absolute atomic E-state index is 12.9. The van der Waals surface area contributed by atoms with E-state index in [1.807, 2.05) is 0 Å². The lowest BCUT2D eigenvalue weighted by Gasteiger charge is -2.57. The van der Waals surface area contributed by atoms with Gasteiger partial charge in [-0.25, -0.2) is 0 Å². The third kappa shape index (κ3) is 4.44. The van der Waals surface area contributed by atoms with Crippen molar-refractivity contribution in [3.05, 3.63) is 11.6 Å². The number of rotatable bonds is 6. The van der Waals surface area contributed by atoms with Crippen molar-refractivity contribution >= 4 is 6.29 Å². The largest absolute Gasteiger partial charge is 0.353 e. The van der Waals surface area contributed by atoms with Crippen LogP contribution in [0.4, 0.5) is 0 Å². The summed E-state index contributed by atoms with van der Waals surface area (Å²) >= 11 is 0. The second kappa shape index (κ2) is 10.4. The van der Waals surface area contributed by atoms with Gasteiger partial charge in [0.15, 0.2) is 12.6 Å². The zero-order valence-corrected chi connectivity index (χ0v) is 22.6. The molecule has 0 aromatic carbocycles. The molecule has 5 heteroatoms. The summed E-state index contributed by atoms with van der Waals surface area (Å²) in [7, 11) is 0. The summed E-state index contributed by atoms with van der Waals surface area (Å²) in [5.74, 6) is 2.40. The van der Waals surface area contributed by atoms with Gasteiger partial charge in [0.05, 0.1) is 17.6 Å². The molecule has 0 aromatic rings. The highest BCUT2D eigenvalue weighted by Gasteiger charge is 2.61. The Bertz CT molecular complexity index is 814. The lowest BCUT2D eigenvalue weighted by Crippen LogP contribution is -2.53. The lowest BCUT2D eigenvalue weighted by molar-refractivity contribution is -0.205. The summed E-state index contributed by atoms with van der Waals surface area (Å²) in [6, 6.07) is 0. The maximum Gasteiger partial charge on any atom is 0.157 e. The van der Waals surface area contributed by atoms with Crippen molar-refractivity contribution in [1.29, 1.82) is 0 Å². The van der Waals surface area contributed by atoms with E-state index in [9.17, 15) is 4.79 Å². The fourth-order valence-corrected chi connectivity index (χ4v) is 9.66. The molecule has 0 aromatic heterocycles. The number of carbonyl (C=O) groups is 1. The number of ether oxygens (including phenoxy) is 4. The number of hydrogen-bond donors (Lipinski definition) is 0. The average molecular weight is 501 g/mol. The summed E-state index contributed by atoms with van der Waals surface area (Å²) in [6.45, 7) is 6.51. The van der Waals surface area contributed by atoms with Crippen molar-refractivity contribution in [2.24, 2.45) is 34.5 Å². The quantitative estimate of drug-likeness (QED) is 0.304. The van der Waals surface area contributed by atoms with Crippen molar-refractivity contribution in [2.75, 3.05) is 13.2 Å². The molecule has 0 bridgehead atoms. The molecule has 0 spiro atoms. The molecule has 2 heterocycles. The number of hydrogen-bond acceptors (Lipinski definition) is 5. The minimum absolute atomic E-state index is 0.0114. The highest BCUT2D eigenvalue weighted by Crippen LogP contribution is 2.66. The second-order valence-electron chi connectivity index (χ2n) is 13.2. The number of carbonyl (C=O) groups excluding carboxylic acids is 1. The summed E-state index contributed by atoms with van der Waals surface area (Å²) in [4.78, 5) is 12.9. The second-order valence-corrected chi connectivity index (χ2v) is 13.2. The molecule has 5 fully saturated rings. The molecule has 5 nitrogen and oxygen atoms in total. The predicted octanol–water partition coefficient (Wildman–Crippen LogP) is 6.59. The van der Waals surface area contributed by atoms with E-state index in [1.54, 1.807) is 0 Å². The molecule has 6 rings (SSSR count). The molecule has 4 aliphatic carbocycles. The van der Waals surface area contributed by atoms with Gasteiger partial charge in [0, 0.05) is 13.2 Å². The van der Waals surface area contributed by atoms with Gasteiger partial charge in [-0.05, 0) is 126 Å². The van der Waals surface area contributed by atoms with Crippen LogP contribution < -0.4 is 0 Å². The summed E-state index contributed by atoms with van der Waals surface area (Å²) < 4.78 is 24.7. The van der Waals surface area contributed by atoms with E-state index < -0.39 is 0 Å². The van der Waals surface area contributed by atoms with Gasteiger partial charge in [-0.2, -0.15) is 0 Å². The van der Waals surface area contributed by atoms with Crippen molar-refractivity contribution in [2.45, 2.75) is 129 Å². The van der Waals surface area contributed by atoms with Gasteiger partial charge < -0.3 is 23.7 Å². The predicted molar refractivity (Wildman–Crippen MR) is 138 cm³/mol. The Kier molecular flexibility index (Phi) is 7.40. The topological polar surface area (TPSA) is 54.0 Å². The van der Waals surface area contributed by atoms with Crippen LogP contribution in [0.1, 0.15) is 104 Å². The van der Waals surface area contributed by atoms with Crippen LogP contribution in [0.3, 0.4) is 0 Å². The van der Waals surface area contributed by atoms with Crippen LogP contribution >= 0.6 is 0 Å².